The molecule has 1 amide bonds. The lowest BCUT2D eigenvalue weighted by atomic mass is 9.83. The second-order valence-electron chi connectivity index (χ2n) is 8.21. The number of aromatic nitrogens is 3. The fourth-order valence-electron chi connectivity index (χ4n) is 4.50. The molecule has 1 aliphatic rings. The highest BCUT2D eigenvalue weighted by atomic mass is 16.4. The highest BCUT2D eigenvalue weighted by molar-refractivity contribution is 5.85. The Morgan fingerprint density at radius 3 is 2.76 bits per heavy atom. The molecule has 0 aromatic carbocycles. The van der Waals surface area contributed by atoms with Gasteiger partial charge in [0.15, 0.2) is 0 Å². The third-order valence-corrected chi connectivity index (χ3v) is 5.79. The summed E-state index contributed by atoms with van der Waals surface area (Å²) < 4.78 is 0. The van der Waals surface area contributed by atoms with Crippen LogP contribution >= 0.6 is 0 Å². The predicted octanol–water partition coefficient (Wildman–Crippen LogP) is 2.03. The molecule has 0 aliphatic carbocycles. The Morgan fingerprint density at radius 1 is 1.38 bits per heavy atom. The SMILES string of the molecule is CC(C)C[C@@]1(C(=O)O)C[C@H](C(=O)NCCc2cnc[nH]2)[C@H](c2cccnc2)N1C. The van der Waals surface area contributed by atoms with Gasteiger partial charge < -0.3 is 15.4 Å². The van der Waals surface area contributed by atoms with E-state index in [1.165, 1.54) is 0 Å². The van der Waals surface area contributed by atoms with Crippen LogP contribution in [0.5, 0.6) is 0 Å². The predicted molar refractivity (Wildman–Crippen MR) is 108 cm³/mol. The molecule has 3 N–H and O–H groups in total. The number of aromatic amines is 1. The van der Waals surface area contributed by atoms with Crippen LogP contribution in [0.15, 0.2) is 37.1 Å². The lowest BCUT2D eigenvalue weighted by molar-refractivity contribution is -0.151. The first-order valence-electron chi connectivity index (χ1n) is 9.96. The molecule has 3 atom stereocenters. The Bertz CT molecular complexity index is 824. The molecule has 1 saturated heterocycles. The van der Waals surface area contributed by atoms with Gasteiger partial charge in [-0.1, -0.05) is 19.9 Å². The molecule has 2 aromatic heterocycles. The topological polar surface area (TPSA) is 111 Å². The van der Waals surface area contributed by atoms with E-state index >= 15 is 0 Å². The number of amides is 1. The van der Waals surface area contributed by atoms with E-state index in [-0.39, 0.29) is 24.3 Å². The number of hydrogen-bond acceptors (Lipinski definition) is 5. The maximum absolute atomic E-state index is 13.1. The van der Waals surface area contributed by atoms with Gasteiger partial charge in [0.1, 0.15) is 5.54 Å². The summed E-state index contributed by atoms with van der Waals surface area (Å²) in [6, 6.07) is 3.39. The van der Waals surface area contributed by atoms with Crippen molar-refractivity contribution in [2.24, 2.45) is 11.8 Å². The number of carboxylic acids is 1. The monoisotopic (exact) mass is 399 g/mol. The zero-order chi connectivity index (χ0) is 21.0. The summed E-state index contributed by atoms with van der Waals surface area (Å²) in [6.07, 6.45) is 8.12. The highest BCUT2D eigenvalue weighted by Gasteiger charge is 2.57. The number of rotatable bonds is 8. The molecular formula is C21H29N5O3. The number of likely N-dealkylation sites (tertiary alicyclic amines) is 1. The number of H-pyrrole nitrogens is 1. The van der Waals surface area contributed by atoms with Crippen LogP contribution in [0.1, 0.15) is 44.0 Å². The van der Waals surface area contributed by atoms with Crippen molar-refractivity contribution in [1.29, 1.82) is 0 Å². The normalized spacial score (nSPS) is 24.7. The van der Waals surface area contributed by atoms with E-state index in [0.29, 0.717) is 19.4 Å². The van der Waals surface area contributed by atoms with Crippen LogP contribution in [0.3, 0.4) is 0 Å². The van der Waals surface area contributed by atoms with Crippen molar-refractivity contribution in [3.8, 4) is 0 Å². The van der Waals surface area contributed by atoms with Crippen molar-refractivity contribution >= 4 is 11.9 Å². The standard InChI is InChI=1S/C21H29N5O3/c1-14(2)9-21(20(28)29)10-17(18(26(21)3)15-5-4-7-22-11-15)19(27)24-8-6-16-12-23-13-25-16/h4-5,7,11-14,17-18H,6,8-10H2,1-3H3,(H,23,25)(H,24,27)(H,28,29)/t17-,18-,21-/m0/s1. The van der Waals surface area contributed by atoms with Gasteiger partial charge >= 0.3 is 5.97 Å². The Kier molecular flexibility index (Phi) is 6.32. The first-order valence-corrected chi connectivity index (χ1v) is 9.96. The van der Waals surface area contributed by atoms with Gasteiger partial charge in [0, 0.05) is 43.3 Å². The summed E-state index contributed by atoms with van der Waals surface area (Å²) in [5.41, 5.74) is 0.716. The summed E-state index contributed by atoms with van der Waals surface area (Å²) in [7, 11) is 1.81. The number of nitrogens with one attached hydrogen (secondary N) is 2. The Balaban J connectivity index is 1.85. The van der Waals surface area contributed by atoms with E-state index in [9.17, 15) is 14.7 Å². The van der Waals surface area contributed by atoms with Gasteiger partial charge in [0.2, 0.25) is 5.91 Å². The minimum atomic E-state index is -1.08. The Morgan fingerprint density at radius 2 is 2.17 bits per heavy atom. The second kappa shape index (κ2) is 8.73. The van der Waals surface area contributed by atoms with Gasteiger partial charge in [-0.25, -0.2) is 4.98 Å². The van der Waals surface area contributed by atoms with Crippen molar-refractivity contribution in [3.05, 3.63) is 48.3 Å². The summed E-state index contributed by atoms with van der Waals surface area (Å²) in [6.45, 7) is 4.48. The summed E-state index contributed by atoms with van der Waals surface area (Å²) in [5.74, 6) is -1.29. The molecule has 156 valence electrons. The molecule has 1 aliphatic heterocycles. The minimum absolute atomic E-state index is 0.128. The van der Waals surface area contributed by atoms with Crippen LogP contribution < -0.4 is 5.32 Å². The molecule has 3 heterocycles. The van der Waals surface area contributed by atoms with Crippen LogP contribution in [0.2, 0.25) is 0 Å². The van der Waals surface area contributed by atoms with Gasteiger partial charge in [-0.2, -0.15) is 0 Å². The molecule has 0 radical (unpaired) electrons. The molecule has 0 spiro atoms. The van der Waals surface area contributed by atoms with E-state index in [4.69, 9.17) is 0 Å². The third-order valence-electron chi connectivity index (χ3n) is 5.79. The van der Waals surface area contributed by atoms with Crippen LogP contribution in [0.4, 0.5) is 0 Å². The lowest BCUT2D eigenvalue weighted by Gasteiger charge is -2.36. The van der Waals surface area contributed by atoms with Crippen molar-refractivity contribution in [1.82, 2.24) is 25.2 Å². The number of likely N-dealkylation sites (N-methyl/N-ethyl adjacent to an activating group) is 1. The molecule has 0 unspecified atom stereocenters. The minimum Gasteiger partial charge on any atom is -0.480 e. The molecule has 2 aromatic rings. The second-order valence-corrected chi connectivity index (χ2v) is 8.21. The van der Waals surface area contributed by atoms with Crippen molar-refractivity contribution in [2.45, 2.75) is 44.7 Å². The van der Waals surface area contributed by atoms with E-state index in [1.54, 1.807) is 24.9 Å². The molecule has 0 bridgehead atoms. The van der Waals surface area contributed by atoms with E-state index in [1.807, 2.05) is 37.9 Å². The van der Waals surface area contributed by atoms with Gasteiger partial charge in [-0.15, -0.1) is 0 Å². The molecule has 8 heteroatoms. The van der Waals surface area contributed by atoms with Crippen molar-refractivity contribution in [3.63, 3.8) is 0 Å². The maximum atomic E-state index is 13.1. The number of carboxylic acid groups (broad SMARTS) is 1. The van der Waals surface area contributed by atoms with E-state index < -0.39 is 17.4 Å². The summed E-state index contributed by atoms with van der Waals surface area (Å²) in [5, 5.41) is 13.1. The fraction of sp³-hybridized carbons (Fsp3) is 0.524. The van der Waals surface area contributed by atoms with Crippen LogP contribution in [-0.4, -0.2) is 56.0 Å². The van der Waals surface area contributed by atoms with Crippen LogP contribution in [-0.2, 0) is 16.0 Å². The maximum Gasteiger partial charge on any atom is 0.324 e. The molecule has 1 fully saturated rings. The Labute approximate surface area is 170 Å². The van der Waals surface area contributed by atoms with Gasteiger partial charge in [0.05, 0.1) is 12.2 Å². The first kappa shape index (κ1) is 21.0. The Hall–Kier alpha value is -2.74. The lowest BCUT2D eigenvalue weighted by Crippen LogP contribution is -2.50. The molecule has 3 rings (SSSR count). The highest BCUT2D eigenvalue weighted by Crippen LogP contribution is 2.48. The first-order chi connectivity index (χ1) is 13.8. The smallest absolute Gasteiger partial charge is 0.324 e. The molecule has 8 nitrogen and oxygen atoms in total. The average molecular weight is 399 g/mol. The average Bonchev–Trinajstić information content (AvgIpc) is 3.29. The van der Waals surface area contributed by atoms with E-state index in [2.05, 4.69) is 20.3 Å². The number of pyridine rings is 1. The number of aliphatic carboxylic acids is 1. The molecule has 0 saturated carbocycles. The number of carbonyl (C=O) groups excluding carboxylic acids is 1. The summed E-state index contributed by atoms with van der Waals surface area (Å²) >= 11 is 0. The fourth-order valence-corrected chi connectivity index (χ4v) is 4.50. The molecular weight excluding hydrogens is 370 g/mol. The molecule has 29 heavy (non-hydrogen) atoms. The summed E-state index contributed by atoms with van der Waals surface area (Å²) in [4.78, 5) is 38.6. The van der Waals surface area contributed by atoms with Gasteiger partial charge in [-0.05, 0) is 37.4 Å². The zero-order valence-corrected chi connectivity index (χ0v) is 17.1. The number of carbonyl (C=O) groups is 2. The number of imidazole rings is 1. The van der Waals surface area contributed by atoms with Crippen LogP contribution in [0, 0.1) is 11.8 Å². The quantitative estimate of drug-likeness (QED) is 0.626. The third kappa shape index (κ3) is 4.32. The number of hydrogen-bond donors (Lipinski definition) is 3. The van der Waals surface area contributed by atoms with Gasteiger partial charge in [-0.3, -0.25) is 19.5 Å². The van der Waals surface area contributed by atoms with Crippen molar-refractivity contribution < 1.29 is 14.7 Å². The van der Waals surface area contributed by atoms with Crippen molar-refractivity contribution in [2.75, 3.05) is 13.6 Å². The zero-order valence-electron chi connectivity index (χ0n) is 17.1. The van der Waals surface area contributed by atoms with Gasteiger partial charge in [0.25, 0.3) is 0 Å². The largest absolute Gasteiger partial charge is 0.480 e. The van der Waals surface area contributed by atoms with E-state index in [0.717, 1.165) is 11.3 Å². The van der Waals surface area contributed by atoms with Crippen LogP contribution in [0.25, 0.3) is 0 Å². The number of nitrogens with zero attached hydrogens (tertiary/aromatic N) is 3.